The molecule has 0 aromatic heterocycles. The average Bonchev–Trinajstić information content (AvgIpc) is 2.81. The van der Waals surface area contributed by atoms with E-state index in [1.807, 2.05) is 24.3 Å². The number of carbonyl (C=O) groups excluding carboxylic acids is 1. The minimum absolute atomic E-state index is 0.0330. The van der Waals surface area contributed by atoms with E-state index in [-0.39, 0.29) is 11.6 Å². The number of fused-ring (bicyclic) bond motifs is 1. The first-order valence-corrected chi connectivity index (χ1v) is 6.40. The predicted octanol–water partition coefficient (Wildman–Crippen LogP) is 1.54. The molecule has 0 atom stereocenters. The number of carbonyl (C=O) groups is 1. The van der Waals surface area contributed by atoms with Gasteiger partial charge in [-0.2, -0.15) is 4.90 Å². The van der Waals surface area contributed by atoms with Crippen molar-refractivity contribution in [3.05, 3.63) is 76.3 Å². The van der Waals surface area contributed by atoms with Gasteiger partial charge in [-0.1, -0.05) is 18.2 Å². The second kappa shape index (κ2) is 5.16. The Morgan fingerprint density at radius 1 is 1.14 bits per heavy atom. The fourth-order valence-electron chi connectivity index (χ4n) is 2.23. The Kier molecular flexibility index (Phi) is 3.19. The molecule has 21 heavy (non-hydrogen) atoms. The quantitative estimate of drug-likeness (QED) is 0.659. The highest BCUT2D eigenvalue weighted by atomic mass is 16.8. The van der Waals surface area contributed by atoms with Crippen LogP contribution >= 0.6 is 0 Å². The lowest BCUT2D eigenvalue weighted by Crippen LogP contribution is -2.37. The fraction of sp³-hybridized carbons (Fsp3) is 0.0667. The number of nitrogens with zero attached hydrogens (tertiary/aromatic N) is 2. The minimum atomic E-state index is -0.447. The van der Waals surface area contributed by atoms with Gasteiger partial charge in [0.25, 0.3) is 0 Å². The number of anilines is 1. The summed E-state index contributed by atoms with van der Waals surface area (Å²) in [7, 11) is 0. The molecule has 2 aliphatic rings. The highest BCUT2D eigenvalue weighted by Crippen LogP contribution is 2.26. The highest BCUT2D eigenvalue weighted by molar-refractivity contribution is 6.02. The van der Waals surface area contributed by atoms with Gasteiger partial charge in [-0.25, -0.2) is 5.01 Å². The zero-order chi connectivity index (χ0) is 14.8. The average molecular weight is 282 g/mol. The van der Waals surface area contributed by atoms with Gasteiger partial charge in [-0.05, 0) is 29.4 Å². The van der Waals surface area contributed by atoms with E-state index in [1.54, 1.807) is 18.4 Å². The number of nitrogens with one attached hydrogen (secondary N) is 1. The molecule has 0 radical (unpaired) electrons. The van der Waals surface area contributed by atoms with Crippen LogP contribution in [0.5, 0.6) is 0 Å². The van der Waals surface area contributed by atoms with Gasteiger partial charge >= 0.3 is 0 Å². The van der Waals surface area contributed by atoms with E-state index >= 15 is 0 Å². The molecule has 6 heteroatoms. The molecule has 6 nitrogen and oxygen atoms in total. The van der Waals surface area contributed by atoms with Gasteiger partial charge in [0.1, 0.15) is 0 Å². The van der Waals surface area contributed by atoms with Crippen molar-refractivity contribution >= 4 is 17.3 Å². The van der Waals surface area contributed by atoms with Gasteiger partial charge in [0.15, 0.2) is 0 Å². The van der Waals surface area contributed by atoms with E-state index in [4.69, 9.17) is 0 Å². The molecule has 106 valence electrons. The molecule has 0 bridgehead atoms. The Balaban J connectivity index is 1.76. The van der Waals surface area contributed by atoms with Crippen LogP contribution in [0.1, 0.15) is 5.56 Å². The molecule has 1 amide bonds. The predicted molar refractivity (Wildman–Crippen MR) is 79.1 cm³/mol. The summed E-state index contributed by atoms with van der Waals surface area (Å²) in [6, 6.07) is 7.56. The molecule has 1 aliphatic heterocycles. The molecule has 1 heterocycles. The van der Waals surface area contributed by atoms with Crippen molar-refractivity contribution in [2.75, 3.05) is 5.01 Å². The largest absolute Gasteiger partial charge is 0.612 e. The summed E-state index contributed by atoms with van der Waals surface area (Å²) < 4.78 is 0. The molecule has 1 aromatic rings. The second-order valence-electron chi connectivity index (χ2n) is 4.66. The summed E-state index contributed by atoms with van der Waals surface area (Å²) in [5, 5.41) is 22.7. The summed E-state index contributed by atoms with van der Waals surface area (Å²) in [6.45, 7) is 0. The van der Waals surface area contributed by atoms with E-state index in [1.165, 1.54) is 17.2 Å². The molecular formula is C15H12N3O3-. The van der Waals surface area contributed by atoms with Crippen molar-refractivity contribution in [3.63, 3.8) is 0 Å². The lowest BCUT2D eigenvalue weighted by molar-refractivity contribution is -0.377. The van der Waals surface area contributed by atoms with Crippen molar-refractivity contribution in [3.8, 4) is 0 Å². The molecule has 0 fully saturated rings. The Labute approximate surface area is 121 Å². The molecular weight excluding hydrogens is 270 g/mol. The standard InChI is InChI=1S/C15H12N3O3/c19-15-9-12-3-1-2-4-14(12)17(15)16-10-11-5-7-13(8-6-11)18(20)21/h1-8,10,16H,9H2/q-1. The Hall–Kier alpha value is -3.02. The molecule has 3 rings (SSSR count). The number of benzene rings is 1. The number of hydrogen-bond acceptors (Lipinski definition) is 4. The van der Waals surface area contributed by atoms with Crippen molar-refractivity contribution in [1.82, 2.24) is 5.43 Å². The van der Waals surface area contributed by atoms with E-state index in [9.17, 15) is 15.2 Å². The third-order valence-corrected chi connectivity index (χ3v) is 3.29. The minimum Gasteiger partial charge on any atom is -0.612 e. The van der Waals surface area contributed by atoms with E-state index in [2.05, 4.69) is 5.43 Å². The number of allylic oxidation sites excluding steroid dienone is 5. The van der Waals surface area contributed by atoms with E-state index in [0.29, 0.717) is 6.42 Å². The first kappa shape index (κ1) is 13.0. The van der Waals surface area contributed by atoms with Crippen molar-refractivity contribution in [2.45, 2.75) is 6.42 Å². The Morgan fingerprint density at radius 3 is 2.57 bits per heavy atom. The zero-order valence-corrected chi connectivity index (χ0v) is 11.0. The Bertz CT molecular complexity index is 695. The van der Waals surface area contributed by atoms with Crippen LogP contribution in [0.3, 0.4) is 0 Å². The first-order chi connectivity index (χ1) is 10.1. The van der Waals surface area contributed by atoms with Crippen LogP contribution in [-0.2, 0) is 11.2 Å². The lowest BCUT2D eigenvalue weighted by Gasteiger charge is -2.17. The molecule has 1 aliphatic carbocycles. The fourth-order valence-corrected chi connectivity index (χ4v) is 2.23. The number of rotatable bonds is 2. The maximum atomic E-state index is 12.0. The van der Waals surface area contributed by atoms with E-state index in [0.717, 1.165) is 16.8 Å². The maximum absolute atomic E-state index is 12.0. The molecule has 1 N–H and O–H groups in total. The first-order valence-electron chi connectivity index (χ1n) is 6.40. The van der Waals surface area contributed by atoms with Gasteiger partial charge in [-0.15, -0.1) is 0 Å². The van der Waals surface area contributed by atoms with E-state index < -0.39 is 4.90 Å². The van der Waals surface area contributed by atoms with Crippen molar-refractivity contribution in [1.29, 1.82) is 0 Å². The van der Waals surface area contributed by atoms with Crippen LogP contribution in [0.2, 0.25) is 0 Å². The highest BCUT2D eigenvalue weighted by Gasteiger charge is 2.26. The molecule has 0 spiro atoms. The third-order valence-electron chi connectivity index (χ3n) is 3.29. The van der Waals surface area contributed by atoms with Crippen LogP contribution in [0.25, 0.3) is 0 Å². The zero-order valence-electron chi connectivity index (χ0n) is 11.0. The van der Waals surface area contributed by atoms with Crippen molar-refractivity contribution < 1.29 is 9.70 Å². The van der Waals surface area contributed by atoms with Gasteiger partial charge in [0.2, 0.25) is 11.6 Å². The monoisotopic (exact) mass is 282 g/mol. The molecule has 0 saturated carbocycles. The normalized spacial score (nSPS) is 16.2. The molecule has 0 saturated heterocycles. The molecule has 1 aromatic carbocycles. The van der Waals surface area contributed by atoms with Gasteiger partial charge in [0.05, 0.1) is 12.1 Å². The summed E-state index contributed by atoms with van der Waals surface area (Å²) in [6.07, 6.45) is 8.11. The summed E-state index contributed by atoms with van der Waals surface area (Å²) in [5.41, 5.74) is 5.54. The summed E-state index contributed by atoms with van der Waals surface area (Å²) in [4.78, 5) is 11.5. The van der Waals surface area contributed by atoms with Crippen LogP contribution in [0.4, 0.5) is 5.69 Å². The van der Waals surface area contributed by atoms with Crippen LogP contribution < -0.4 is 10.4 Å². The summed E-state index contributed by atoms with van der Waals surface area (Å²) in [5.74, 6) is -0.0330. The topological polar surface area (TPSA) is 81.5 Å². The second-order valence-corrected chi connectivity index (χ2v) is 4.66. The van der Waals surface area contributed by atoms with Crippen molar-refractivity contribution in [2.24, 2.45) is 0 Å². The SMILES string of the molecule is O=C1Cc2ccccc2N1NC=C1C=CC(=[N+]([O-])[O-])C=C1. The van der Waals surface area contributed by atoms with Crippen LogP contribution in [0, 0.1) is 10.4 Å². The smallest absolute Gasteiger partial charge is 0.250 e. The van der Waals surface area contributed by atoms with Crippen LogP contribution in [-0.4, -0.2) is 16.5 Å². The van der Waals surface area contributed by atoms with Crippen LogP contribution in [0.15, 0.2) is 60.3 Å². The number of amides is 1. The van der Waals surface area contributed by atoms with Gasteiger partial charge < -0.3 is 10.4 Å². The number of para-hydroxylation sites is 1. The Morgan fingerprint density at radius 2 is 1.86 bits per heavy atom. The lowest BCUT2D eigenvalue weighted by atomic mass is 10.1. The van der Waals surface area contributed by atoms with Gasteiger partial charge in [0, 0.05) is 18.4 Å². The third kappa shape index (κ3) is 2.51. The van der Waals surface area contributed by atoms with Gasteiger partial charge in [-0.3, -0.25) is 10.2 Å². The molecule has 0 unspecified atom stereocenters. The number of hydrazine groups is 1. The number of hydrogen-bond donors (Lipinski definition) is 1. The maximum Gasteiger partial charge on any atom is 0.250 e. The summed E-state index contributed by atoms with van der Waals surface area (Å²) >= 11 is 0.